The molecule has 0 unspecified atom stereocenters. The minimum Gasteiger partial charge on any atom is -0.225 e. The van der Waals surface area contributed by atoms with Gasteiger partial charge in [-0.25, -0.2) is 22.0 Å². The highest BCUT2D eigenvalue weighted by Gasteiger charge is 2.32. The second-order valence-electron chi connectivity index (χ2n) is 5.15. The van der Waals surface area contributed by atoms with E-state index in [1.165, 1.54) is 35.6 Å². The number of benzene rings is 1. The number of sulfonamides is 2. The topological polar surface area (TPSA) is 97.5 Å². The summed E-state index contributed by atoms with van der Waals surface area (Å²) in [5, 5.41) is 4.98. The maximum atomic E-state index is 12.4. The molecule has 0 aliphatic rings. The molecule has 1 rings (SSSR count). The third-order valence-electron chi connectivity index (χ3n) is 3.53. The normalized spacial score (nSPS) is 13.7. The zero-order valence-corrected chi connectivity index (χ0v) is 13.6. The van der Waals surface area contributed by atoms with Gasteiger partial charge in [-0.05, 0) is 44.5 Å². The van der Waals surface area contributed by atoms with Crippen molar-refractivity contribution in [3.8, 4) is 0 Å². The van der Waals surface area contributed by atoms with Crippen LogP contribution in [-0.2, 0) is 20.0 Å². The molecule has 1 aromatic carbocycles. The predicted molar refractivity (Wildman–Crippen MR) is 77.1 cm³/mol. The predicted octanol–water partition coefficient (Wildman–Crippen LogP) is 1.14. The Labute approximate surface area is 120 Å². The van der Waals surface area contributed by atoms with Crippen molar-refractivity contribution in [3.05, 3.63) is 24.3 Å². The molecule has 0 aromatic heterocycles. The fraction of sp³-hybridized carbons (Fsp3) is 0.500. The SMILES string of the molecule is CCC(C)(C)N(C)S(=O)(=O)c1ccc(S(N)(=O)=O)cc1. The molecular formula is C12H20N2O4S2. The highest BCUT2D eigenvalue weighted by Crippen LogP contribution is 2.25. The fourth-order valence-electron chi connectivity index (χ4n) is 1.51. The van der Waals surface area contributed by atoms with E-state index in [0.717, 1.165) is 0 Å². The van der Waals surface area contributed by atoms with Crippen LogP contribution in [0, 0.1) is 0 Å². The summed E-state index contributed by atoms with van der Waals surface area (Å²) in [6.07, 6.45) is 0.651. The van der Waals surface area contributed by atoms with Crippen molar-refractivity contribution < 1.29 is 16.8 Å². The van der Waals surface area contributed by atoms with Gasteiger partial charge in [0.1, 0.15) is 0 Å². The minimum atomic E-state index is -3.83. The lowest BCUT2D eigenvalue weighted by atomic mass is 10.0. The van der Waals surface area contributed by atoms with E-state index >= 15 is 0 Å². The number of nitrogens with zero attached hydrogens (tertiary/aromatic N) is 1. The summed E-state index contributed by atoms with van der Waals surface area (Å²) in [5.41, 5.74) is -0.530. The van der Waals surface area contributed by atoms with Crippen LogP contribution in [0.1, 0.15) is 27.2 Å². The Morgan fingerprint density at radius 2 is 1.45 bits per heavy atom. The zero-order valence-electron chi connectivity index (χ0n) is 12.0. The van der Waals surface area contributed by atoms with E-state index in [-0.39, 0.29) is 9.79 Å². The van der Waals surface area contributed by atoms with Crippen LogP contribution >= 0.6 is 0 Å². The van der Waals surface area contributed by atoms with Crippen molar-refractivity contribution >= 4 is 20.0 Å². The summed E-state index contributed by atoms with van der Waals surface area (Å²) in [4.78, 5) is -0.0808. The van der Waals surface area contributed by atoms with Gasteiger partial charge < -0.3 is 0 Å². The van der Waals surface area contributed by atoms with Gasteiger partial charge in [-0.3, -0.25) is 0 Å². The van der Waals surface area contributed by atoms with Gasteiger partial charge in [-0.15, -0.1) is 0 Å². The maximum absolute atomic E-state index is 12.4. The molecule has 0 heterocycles. The molecule has 2 N–H and O–H groups in total. The van der Waals surface area contributed by atoms with E-state index in [0.29, 0.717) is 6.42 Å². The monoisotopic (exact) mass is 320 g/mol. The number of hydrogen-bond acceptors (Lipinski definition) is 4. The van der Waals surface area contributed by atoms with Crippen LogP contribution in [-0.4, -0.2) is 33.7 Å². The number of nitrogens with two attached hydrogens (primary N) is 1. The zero-order chi connectivity index (χ0) is 15.8. The third kappa shape index (κ3) is 3.38. The summed E-state index contributed by atoms with van der Waals surface area (Å²) >= 11 is 0. The van der Waals surface area contributed by atoms with Crippen molar-refractivity contribution in [2.45, 2.75) is 42.5 Å². The van der Waals surface area contributed by atoms with Gasteiger partial charge in [-0.2, -0.15) is 4.31 Å². The van der Waals surface area contributed by atoms with Crippen molar-refractivity contribution in [3.63, 3.8) is 0 Å². The van der Waals surface area contributed by atoms with Gasteiger partial charge in [0, 0.05) is 12.6 Å². The average molecular weight is 320 g/mol. The van der Waals surface area contributed by atoms with Crippen LogP contribution in [0.3, 0.4) is 0 Å². The molecule has 20 heavy (non-hydrogen) atoms. The lowest BCUT2D eigenvalue weighted by Gasteiger charge is -2.33. The Morgan fingerprint density at radius 1 is 1.05 bits per heavy atom. The van der Waals surface area contributed by atoms with Crippen LogP contribution in [0.15, 0.2) is 34.1 Å². The summed E-state index contributed by atoms with van der Waals surface area (Å²) in [7, 11) is -5.99. The molecule has 114 valence electrons. The summed E-state index contributed by atoms with van der Waals surface area (Å²) in [5.74, 6) is 0. The van der Waals surface area contributed by atoms with E-state index in [1.54, 1.807) is 0 Å². The standard InChI is InChI=1S/C12H20N2O4S2/c1-5-12(2,3)14(4)20(17,18)11-8-6-10(7-9-11)19(13,15)16/h6-9H,5H2,1-4H3,(H2,13,15,16). The van der Waals surface area contributed by atoms with E-state index in [2.05, 4.69) is 0 Å². The van der Waals surface area contributed by atoms with Crippen molar-refractivity contribution in [1.82, 2.24) is 4.31 Å². The first-order chi connectivity index (χ1) is 8.93. The first-order valence-corrected chi connectivity index (χ1v) is 9.03. The van der Waals surface area contributed by atoms with Gasteiger partial charge in [0.15, 0.2) is 0 Å². The molecule has 0 spiro atoms. The fourth-order valence-corrected chi connectivity index (χ4v) is 3.60. The Morgan fingerprint density at radius 3 is 1.80 bits per heavy atom. The average Bonchev–Trinajstić information content (AvgIpc) is 2.37. The molecule has 0 radical (unpaired) electrons. The van der Waals surface area contributed by atoms with Gasteiger partial charge in [0.25, 0.3) is 0 Å². The number of primary sulfonamides is 1. The summed E-state index contributed by atoms with van der Waals surface area (Å²) in [6, 6.07) is 4.87. The summed E-state index contributed by atoms with van der Waals surface area (Å²) < 4.78 is 48.5. The first-order valence-electron chi connectivity index (χ1n) is 6.05. The molecule has 0 bridgehead atoms. The Balaban J connectivity index is 3.25. The Hall–Kier alpha value is -0.960. The highest BCUT2D eigenvalue weighted by atomic mass is 32.2. The molecule has 6 nitrogen and oxygen atoms in total. The molecule has 0 saturated heterocycles. The van der Waals surface area contributed by atoms with Gasteiger partial charge in [0.05, 0.1) is 9.79 Å². The van der Waals surface area contributed by atoms with Gasteiger partial charge >= 0.3 is 0 Å². The van der Waals surface area contributed by atoms with Crippen LogP contribution in [0.5, 0.6) is 0 Å². The number of hydrogen-bond donors (Lipinski definition) is 1. The Bertz CT molecular complexity index is 677. The molecule has 0 amide bonds. The van der Waals surface area contributed by atoms with Crippen molar-refractivity contribution in [2.75, 3.05) is 7.05 Å². The quantitative estimate of drug-likeness (QED) is 0.879. The first kappa shape index (κ1) is 17.1. The second-order valence-corrected chi connectivity index (χ2v) is 8.69. The second kappa shape index (κ2) is 5.44. The lowest BCUT2D eigenvalue weighted by molar-refractivity contribution is 0.257. The molecule has 8 heteroatoms. The van der Waals surface area contributed by atoms with Crippen molar-refractivity contribution in [2.24, 2.45) is 5.14 Å². The molecular weight excluding hydrogens is 300 g/mol. The molecule has 0 fully saturated rings. The molecule has 0 saturated carbocycles. The molecule has 1 aromatic rings. The smallest absolute Gasteiger partial charge is 0.225 e. The van der Waals surface area contributed by atoms with Crippen LogP contribution in [0.4, 0.5) is 0 Å². The lowest BCUT2D eigenvalue weighted by Crippen LogP contribution is -2.44. The van der Waals surface area contributed by atoms with Crippen molar-refractivity contribution in [1.29, 1.82) is 0 Å². The van der Waals surface area contributed by atoms with E-state index < -0.39 is 25.6 Å². The highest BCUT2D eigenvalue weighted by molar-refractivity contribution is 7.89. The van der Waals surface area contributed by atoms with Gasteiger partial charge in [-0.1, -0.05) is 6.92 Å². The maximum Gasteiger partial charge on any atom is 0.243 e. The van der Waals surface area contributed by atoms with Crippen LogP contribution in [0.25, 0.3) is 0 Å². The van der Waals surface area contributed by atoms with E-state index in [1.807, 2.05) is 20.8 Å². The molecule has 0 aliphatic carbocycles. The summed E-state index contributed by atoms with van der Waals surface area (Å²) in [6.45, 7) is 5.54. The molecule has 0 atom stereocenters. The Kier molecular flexibility index (Phi) is 4.65. The number of rotatable bonds is 5. The third-order valence-corrected chi connectivity index (χ3v) is 6.54. The van der Waals surface area contributed by atoms with Crippen LogP contribution < -0.4 is 5.14 Å². The molecule has 0 aliphatic heterocycles. The van der Waals surface area contributed by atoms with E-state index in [9.17, 15) is 16.8 Å². The van der Waals surface area contributed by atoms with E-state index in [4.69, 9.17) is 5.14 Å². The largest absolute Gasteiger partial charge is 0.243 e. The minimum absolute atomic E-state index is 0.0360. The van der Waals surface area contributed by atoms with Gasteiger partial charge in [0.2, 0.25) is 20.0 Å². The van der Waals surface area contributed by atoms with Crippen LogP contribution in [0.2, 0.25) is 0 Å².